The Bertz CT molecular complexity index is 597. The first-order valence-electron chi connectivity index (χ1n) is 10.9. The SMILES string of the molecule is CCCCCCCCCCCCC(C(=O)[O-])(C(CCC(C)C)C(=O)[O-])S(=O)(=O)O.[Na+].[Na+]. The molecule has 0 aromatic rings. The van der Waals surface area contributed by atoms with Crippen molar-refractivity contribution in [2.24, 2.45) is 11.8 Å². The van der Waals surface area contributed by atoms with Crippen LogP contribution in [0.5, 0.6) is 0 Å². The van der Waals surface area contributed by atoms with Crippen LogP contribution in [0, 0.1) is 11.8 Å². The smallest absolute Gasteiger partial charge is 0.550 e. The molecule has 0 rings (SSSR count). The van der Waals surface area contributed by atoms with E-state index >= 15 is 0 Å². The van der Waals surface area contributed by atoms with E-state index in [4.69, 9.17) is 0 Å². The molecule has 0 fully saturated rings. The average Bonchev–Trinajstić information content (AvgIpc) is 2.59. The van der Waals surface area contributed by atoms with Gasteiger partial charge in [-0.05, 0) is 18.8 Å². The molecule has 0 radical (unpaired) electrons. The zero-order valence-electron chi connectivity index (χ0n) is 20.2. The minimum Gasteiger partial charge on any atom is -0.550 e. The Hall–Kier alpha value is 0.850. The van der Waals surface area contributed by atoms with Gasteiger partial charge in [0.2, 0.25) is 0 Å². The van der Waals surface area contributed by atoms with Crippen molar-refractivity contribution < 1.29 is 91.9 Å². The van der Waals surface area contributed by atoms with Crippen LogP contribution in [0.4, 0.5) is 0 Å². The Kier molecular flexibility index (Phi) is 22.5. The minimum atomic E-state index is -5.21. The largest absolute Gasteiger partial charge is 1.00 e. The summed E-state index contributed by atoms with van der Waals surface area (Å²) in [5.74, 6) is -5.69. The second-order valence-corrected chi connectivity index (χ2v) is 10.1. The van der Waals surface area contributed by atoms with E-state index < -0.39 is 39.1 Å². The maximum Gasteiger partial charge on any atom is 1.00 e. The van der Waals surface area contributed by atoms with E-state index in [9.17, 15) is 32.8 Å². The first-order valence-corrected chi connectivity index (χ1v) is 12.3. The van der Waals surface area contributed by atoms with Crippen molar-refractivity contribution in [3.05, 3.63) is 0 Å². The van der Waals surface area contributed by atoms with Crippen LogP contribution in [0.15, 0.2) is 0 Å². The third-order valence-corrected chi connectivity index (χ3v) is 7.16. The van der Waals surface area contributed by atoms with Gasteiger partial charge < -0.3 is 19.8 Å². The number of carbonyl (C=O) groups excluding carboxylic acids is 2. The van der Waals surface area contributed by atoms with E-state index in [-0.39, 0.29) is 77.9 Å². The molecule has 1 N–H and O–H groups in total. The zero-order valence-corrected chi connectivity index (χ0v) is 25.0. The van der Waals surface area contributed by atoms with Crippen LogP contribution >= 0.6 is 0 Å². The Labute approximate surface area is 232 Å². The third-order valence-electron chi connectivity index (χ3n) is 5.59. The maximum atomic E-state index is 12.0. The van der Waals surface area contributed by atoms with Crippen molar-refractivity contribution in [3.63, 3.8) is 0 Å². The number of aliphatic carboxylic acids is 2. The van der Waals surface area contributed by atoms with E-state index in [0.29, 0.717) is 12.8 Å². The molecular formula is C21H38Na2O7S. The number of unbranched alkanes of at least 4 members (excludes halogenated alkanes) is 9. The second kappa shape index (κ2) is 19.2. The van der Waals surface area contributed by atoms with Crippen LogP contribution in [0.1, 0.15) is 104 Å². The number of carboxylic acid groups (broad SMARTS) is 2. The van der Waals surface area contributed by atoms with Gasteiger partial charge in [-0.2, -0.15) is 8.42 Å². The second-order valence-electron chi connectivity index (χ2n) is 8.43. The normalized spacial score (nSPS) is 14.2. The molecule has 31 heavy (non-hydrogen) atoms. The Morgan fingerprint density at radius 3 is 1.58 bits per heavy atom. The van der Waals surface area contributed by atoms with Gasteiger partial charge in [0.15, 0.2) is 0 Å². The molecule has 0 aliphatic heterocycles. The quantitative estimate of drug-likeness (QED) is 0.122. The van der Waals surface area contributed by atoms with Gasteiger partial charge >= 0.3 is 59.1 Å². The van der Waals surface area contributed by atoms with Crippen molar-refractivity contribution in [1.82, 2.24) is 0 Å². The van der Waals surface area contributed by atoms with Gasteiger partial charge in [0, 0.05) is 11.9 Å². The van der Waals surface area contributed by atoms with Gasteiger partial charge in [0.05, 0.1) is 5.97 Å². The summed E-state index contributed by atoms with van der Waals surface area (Å²) < 4.78 is 30.9. The van der Waals surface area contributed by atoms with E-state index in [0.717, 1.165) is 25.7 Å². The molecule has 2 atom stereocenters. The summed E-state index contributed by atoms with van der Waals surface area (Å²) in [6.07, 6.45) is 9.09. The summed E-state index contributed by atoms with van der Waals surface area (Å²) in [5.41, 5.74) is 0. The van der Waals surface area contributed by atoms with Crippen molar-refractivity contribution in [1.29, 1.82) is 0 Å². The summed E-state index contributed by atoms with van der Waals surface area (Å²) in [6, 6.07) is 0. The van der Waals surface area contributed by atoms with Crippen molar-refractivity contribution in [2.45, 2.75) is 109 Å². The molecule has 0 bridgehead atoms. The van der Waals surface area contributed by atoms with Crippen LogP contribution in [0.25, 0.3) is 0 Å². The summed E-state index contributed by atoms with van der Waals surface area (Å²) in [5, 5.41) is 23.4. The minimum absolute atomic E-state index is 0. The molecule has 0 aliphatic carbocycles. The molecule has 0 saturated carbocycles. The Morgan fingerprint density at radius 2 is 1.26 bits per heavy atom. The Balaban J connectivity index is -0.00000392. The molecule has 0 spiro atoms. The van der Waals surface area contributed by atoms with Crippen molar-refractivity contribution in [3.8, 4) is 0 Å². The summed E-state index contributed by atoms with van der Waals surface area (Å²) in [7, 11) is -5.21. The first kappa shape index (κ1) is 36.4. The molecule has 0 aromatic heterocycles. The van der Waals surface area contributed by atoms with Gasteiger partial charge in [0.1, 0.15) is 4.75 Å². The monoisotopic (exact) mass is 480 g/mol. The van der Waals surface area contributed by atoms with Gasteiger partial charge in [-0.25, -0.2) is 0 Å². The molecular weight excluding hydrogens is 442 g/mol. The van der Waals surface area contributed by atoms with E-state index in [2.05, 4.69) is 6.92 Å². The molecule has 0 heterocycles. The van der Waals surface area contributed by atoms with Gasteiger partial charge in [0.25, 0.3) is 10.1 Å². The number of hydrogen-bond donors (Lipinski definition) is 1. The van der Waals surface area contributed by atoms with Gasteiger partial charge in [-0.15, -0.1) is 0 Å². The molecule has 7 nitrogen and oxygen atoms in total. The number of carboxylic acids is 2. The van der Waals surface area contributed by atoms with Gasteiger partial charge in [-0.1, -0.05) is 91.4 Å². The van der Waals surface area contributed by atoms with Crippen LogP contribution in [-0.4, -0.2) is 29.7 Å². The molecule has 0 saturated heterocycles. The third kappa shape index (κ3) is 13.4. The first-order chi connectivity index (χ1) is 13.5. The summed E-state index contributed by atoms with van der Waals surface area (Å²) >= 11 is 0. The average molecular weight is 481 g/mol. The standard InChI is InChI=1S/C21H40O7S.2Na/c1-4-5-6-7-8-9-10-11-12-13-16-21(20(24)25,29(26,27)28)18(19(22)23)15-14-17(2)3;;/h17-18H,4-16H2,1-3H3,(H,22,23)(H,24,25)(H,26,27,28);;/q;2*+1/p-2. The van der Waals surface area contributed by atoms with Crippen molar-refractivity contribution >= 4 is 22.1 Å². The summed E-state index contributed by atoms with van der Waals surface area (Å²) in [6.45, 7) is 5.78. The topological polar surface area (TPSA) is 135 Å². The zero-order chi connectivity index (χ0) is 22.5. The van der Waals surface area contributed by atoms with Crippen molar-refractivity contribution in [2.75, 3.05) is 0 Å². The molecule has 2 unspecified atom stereocenters. The molecule has 10 heteroatoms. The fourth-order valence-electron chi connectivity index (χ4n) is 3.75. The van der Waals surface area contributed by atoms with E-state index in [1.807, 2.05) is 13.8 Å². The number of hydrogen-bond acceptors (Lipinski definition) is 6. The van der Waals surface area contributed by atoms with E-state index in [1.165, 1.54) is 25.7 Å². The van der Waals surface area contributed by atoms with Crippen LogP contribution in [0.3, 0.4) is 0 Å². The molecule has 0 aliphatic rings. The van der Waals surface area contributed by atoms with Crippen LogP contribution in [0.2, 0.25) is 0 Å². The molecule has 0 amide bonds. The molecule has 0 aromatic carbocycles. The number of carbonyl (C=O) groups is 2. The fraction of sp³-hybridized carbons (Fsp3) is 0.905. The maximum absolute atomic E-state index is 12.0. The van der Waals surface area contributed by atoms with Crippen LogP contribution in [-0.2, 0) is 19.7 Å². The van der Waals surface area contributed by atoms with Crippen LogP contribution < -0.4 is 69.3 Å². The van der Waals surface area contributed by atoms with E-state index in [1.54, 1.807) is 0 Å². The predicted octanol–water partition coefficient (Wildman–Crippen LogP) is -3.52. The predicted molar refractivity (Wildman–Crippen MR) is 108 cm³/mol. The number of rotatable bonds is 18. The molecule has 172 valence electrons. The Morgan fingerprint density at radius 1 is 0.839 bits per heavy atom. The summed E-state index contributed by atoms with van der Waals surface area (Å²) in [4.78, 5) is 23.4. The fourth-order valence-corrected chi connectivity index (χ4v) is 4.94. The van der Waals surface area contributed by atoms with Gasteiger partial charge in [-0.3, -0.25) is 4.55 Å².